The highest BCUT2D eigenvalue weighted by molar-refractivity contribution is 5.62. The number of anilines is 2. The standard InChI is InChI=1S/C21H21N2O2/c1-2-25-19-13-11-17(12-14-19)21(24)16-22-15-7-6-10-20(22)23(21)18-8-4-3-5-9-18/h3-15,24H,2,16H2,1H3/q+1. The molecule has 3 aromatic rings. The van der Waals surface area contributed by atoms with Crippen LogP contribution in [0.5, 0.6) is 5.75 Å². The first-order valence-electron chi connectivity index (χ1n) is 8.52. The van der Waals surface area contributed by atoms with Gasteiger partial charge >= 0.3 is 0 Å². The second-order valence-corrected chi connectivity index (χ2v) is 6.13. The Morgan fingerprint density at radius 2 is 1.72 bits per heavy atom. The van der Waals surface area contributed by atoms with Gasteiger partial charge in [0, 0.05) is 11.6 Å². The van der Waals surface area contributed by atoms with Crippen LogP contribution < -0.4 is 14.2 Å². The summed E-state index contributed by atoms with van der Waals surface area (Å²) in [5.74, 6) is 1.77. The summed E-state index contributed by atoms with van der Waals surface area (Å²) in [6.45, 7) is 3.05. The molecule has 1 atom stereocenters. The predicted molar refractivity (Wildman–Crippen MR) is 96.7 cm³/mol. The molecule has 0 saturated carbocycles. The summed E-state index contributed by atoms with van der Waals surface area (Å²) < 4.78 is 7.60. The number of rotatable bonds is 4. The van der Waals surface area contributed by atoms with Gasteiger partial charge in [-0.1, -0.05) is 24.3 Å². The number of hydrogen-bond acceptors (Lipinski definition) is 3. The van der Waals surface area contributed by atoms with Crippen molar-refractivity contribution in [3.8, 4) is 5.75 Å². The van der Waals surface area contributed by atoms with Gasteiger partial charge < -0.3 is 9.84 Å². The number of aromatic nitrogens is 1. The zero-order chi connectivity index (χ0) is 17.3. The smallest absolute Gasteiger partial charge is 0.284 e. The highest BCUT2D eigenvalue weighted by Crippen LogP contribution is 2.41. The Bertz CT molecular complexity index is 865. The third-order valence-corrected chi connectivity index (χ3v) is 4.55. The fourth-order valence-electron chi connectivity index (χ4n) is 3.43. The lowest BCUT2D eigenvalue weighted by atomic mass is 10.0. The Balaban J connectivity index is 1.82. The topological polar surface area (TPSA) is 36.6 Å². The normalized spacial score (nSPS) is 18.9. The molecule has 1 N–H and O–H groups in total. The number of fused-ring (bicyclic) bond motifs is 1. The predicted octanol–water partition coefficient (Wildman–Crippen LogP) is 3.37. The number of hydrogen-bond donors (Lipinski definition) is 1. The molecule has 25 heavy (non-hydrogen) atoms. The van der Waals surface area contributed by atoms with Gasteiger partial charge in [0.25, 0.3) is 11.5 Å². The SMILES string of the molecule is CCOc1ccc(C2(O)C[n+]3ccccc3N2c2ccccc2)cc1. The van der Waals surface area contributed by atoms with Crippen molar-refractivity contribution in [1.82, 2.24) is 0 Å². The average molecular weight is 333 g/mol. The second kappa shape index (κ2) is 6.22. The number of benzene rings is 2. The maximum atomic E-state index is 11.7. The first kappa shape index (κ1) is 15.7. The van der Waals surface area contributed by atoms with Gasteiger partial charge in [0.2, 0.25) is 0 Å². The zero-order valence-electron chi connectivity index (χ0n) is 14.2. The number of pyridine rings is 1. The van der Waals surface area contributed by atoms with E-state index in [1.165, 1.54) is 0 Å². The van der Waals surface area contributed by atoms with Crippen LogP contribution in [0.25, 0.3) is 0 Å². The van der Waals surface area contributed by atoms with E-state index in [1.807, 2.05) is 90.8 Å². The first-order valence-corrected chi connectivity index (χ1v) is 8.52. The molecule has 0 aliphatic carbocycles. The van der Waals surface area contributed by atoms with E-state index in [9.17, 15) is 5.11 Å². The van der Waals surface area contributed by atoms with Crippen LogP contribution >= 0.6 is 0 Å². The molecule has 1 aromatic heterocycles. The van der Waals surface area contributed by atoms with Gasteiger partial charge in [-0.3, -0.25) is 0 Å². The van der Waals surface area contributed by atoms with Crippen molar-refractivity contribution in [2.24, 2.45) is 0 Å². The van der Waals surface area contributed by atoms with Crippen molar-refractivity contribution in [2.45, 2.75) is 19.2 Å². The second-order valence-electron chi connectivity index (χ2n) is 6.13. The van der Waals surface area contributed by atoms with E-state index in [-0.39, 0.29) is 0 Å². The zero-order valence-corrected chi connectivity index (χ0v) is 14.2. The summed E-state index contributed by atoms with van der Waals surface area (Å²) in [6.07, 6.45) is 2.00. The summed E-state index contributed by atoms with van der Waals surface area (Å²) in [7, 11) is 0. The molecule has 0 saturated heterocycles. The average Bonchev–Trinajstić information content (AvgIpc) is 2.96. The van der Waals surface area contributed by atoms with Crippen molar-refractivity contribution in [3.05, 3.63) is 84.6 Å². The van der Waals surface area contributed by atoms with Crippen LogP contribution in [0.3, 0.4) is 0 Å². The molecular formula is C21H21N2O2+. The lowest BCUT2D eigenvalue weighted by Gasteiger charge is -2.27. The fraction of sp³-hybridized carbons (Fsp3) is 0.190. The van der Waals surface area contributed by atoms with Gasteiger partial charge in [0.05, 0.1) is 12.8 Å². The summed E-state index contributed by atoms with van der Waals surface area (Å²) >= 11 is 0. The van der Waals surface area contributed by atoms with Crippen LogP contribution in [0.15, 0.2) is 79.0 Å². The van der Waals surface area contributed by atoms with Crippen LogP contribution in [-0.2, 0) is 12.3 Å². The number of ether oxygens (including phenoxy) is 1. The summed E-state index contributed by atoms with van der Waals surface area (Å²) in [4.78, 5) is 1.99. The highest BCUT2D eigenvalue weighted by Gasteiger charge is 2.52. The summed E-state index contributed by atoms with van der Waals surface area (Å²) in [5, 5.41) is 11.7. The van der Waals surface area contributed by atoms with Gasteiger partial charge in [-0.2, -0.15) is 4.90 Å². The lowest BCUT2D eigenvalue weighted by molar-refractivity contribution is -0.683. The molecule has 0 fully saturated rings. The molecular weight excluding hydrogens is 312 g/mol. The monoisotopic (exact) mass is 333 g/mol. The van der Waals surface area contributed by atoms with Crippen LogP contribution in [0, 0.1) is 0 Å². The molecule has 126 valence electrons. The highest BCUT2D eigenvalue weighted by atomic mass is 16.5. The minimum Gasteiger partial charge on any atom is -0.494 e. The first-order chi connectivity index (χ1) is 12.2. The largest absolute Gasteiger partial charge is 0.494 e. The van der Waals surface area contributed by atoms with E-state index in [0.29, 0.717) is 13.2 Å². The molecule has 1 unspecified atom stereocenters. The molecule has 0 spiro atoms. The van der Waals surface area contributed by atoms with Gasteiger partial charge in [-0.15, -0.1) is 0 Å². The molecule has 0 radical (unpaired) electrons. The number of aliphatic hydroxyl groups is 1. The van der Waals surface area contributed by atoms with Crippen molar-refractivity contribution in [2.75, 3.05) is 11.5 Å². The maximum absolute atomic E-state index is 11.7. The third-order valence-electron chi connectivity index (χ3n) is 4.55. The van der Waals surface area contributed by atoms with E-state index < -0.39 is 5.72 Å². The maximum Gasteiger partial charge on any atom is 0.284 e. The van der Waals surface area contributed by atoms with Crippen molar-refractivity contribution in [3.63, 3.8) is 0 Å². The Kier molecular flexibility index (Phi) is 3.90. The van der Waals surface area contributed by atoms with E-state index >= 15 is 0 Å². The van der Waals surface area contributed by atoms with E-state index in [4.69, 9.17) is 4.74 Å². The third kappa shape index (κ3) is 2.65. The van der Waals surface area contributed by atoms with Gasteiger partial charge in [-0.05, 0) is 49.4 Å². The summed E-state index contributed by atoms with van der Waals surface area (Å²) in [5.41, 5.74) is 0.639. The number of nitrogens with zero attached hydrogens (tertiary/aromatic N) is 2. The molecule has 4 heteroatoms. The van der Waals surface area contributed by atoms with Crippen LogP contribution in [0.1, 0.15) is 12.5 Å². The fourth-order valence-corrected chi connectivity index (χ4v) is 3.43. The lowest BCUT2D eigenvalue weighted by Crippen LogP contribution is -2.43. The van der Waals surface area contributed by atoms with E-state index in [1.54, 1.807) is 0 Å². The molecule has 2 aromatic carbocycles. The molecule has 2 heterocycles. The molecule has 4 nitrogen and oxygen atoms in total. The van der Waals surface area contributed by atoms with Gasteiger partial charge in [0.1, 0.15) is 11.4 Å². The van der Waals surface area contributed by atoms with Gasteiger partial charge in [0.15, 0.2) is 6.54 Å². The Labute approximate surface area is 147 Å². The van der Waals surface area contributed by atoms with Crippen molar-refractivity contribution in [1.29, 1.82) is 0 Å². The Morgan fingerprint density at radius 1 is 1.00 bits per heavy atom. The van der Waals surface area contributed by atoms with Crippen LogP contribution in [0.2, 0.25) is 0 Å². The minimum atomic E-state index is -1.15. The quantitative estimate of drug-likeness (QED) is 0.744. The van der Waals surface area contributed by atoms with Gasteiger partial charge in [-0.25, -0.2) is 4.57 Å². The van der Waals surface area contributed by atoms with E-state index in [0.717, 1.165) is 22.8 Å². The van der Waals surface area contributed by atoms with E-state index in [2.05, 4.69) is 4.57 Å². The molecule has 0 amide bonds. The Morgan fingerprint density at radius 3 is 2.44 bits per heavy atom. The Hall–Kier alpha value is -2.85. The van der Waals surface area contributed by atoms with Crippen LogP contribution in [-0.4, -0.2) is 11.7 Å². The van der Waals surface area contributed by atoms with Crippen molar-refractivity contribution < 1.29 is 14.4 Å². The minimum absolute atomic E-state index is 0.464. The molecule has 0 bridgehead atoms. The van der Waals surface area contributed by atoms with Crippen LogP contribution in [0.4, 0.5) is 11.5 Å². The number of para-hydroxylation sites is 1. The molecule has 4 rings (SSSR count). The molecule has 1 aliphatic heterocycles. The summed E-state index contributed by atoms with van der Waals surface area (Å²) in [6, 6.07) is 23.7. The molecule has 1 aliphatic rings. The van der Waals surface area contributed by atoms with Crippen molar-refractivity contribution >= 4 is 11.5 Å².